The number of hydrogen-bond donors (Lipinski definition) is 0. The lowest BCUT2D eigenvalue weighted by Crippen LogP contribution is -2.24. The molecule has 0 saturated heterocycles. The van der Waals surface area contributed by atoms with Gasteiger partial charge in [-0.15, -0.1) is 11.3 Å². The normalized spacial score (nSPS) is 12.9. The van der Waals surface area contributed by atoms with Gasteiger partial charge in [0.15, 0.2) is 0 Å². The van der Waals surface area contributed by atoms with E-state index in [-0.39, 0.29) is 11.6 Å². The Morgan fingerprint density at radius 1 is 1.45 bits per heavy atom. The van der Waals surface area contributed by atoms with Crippen LogP contribution in [0.3, 0.4) is 0 Å². The predicted molar refractivity (Wildman–Crippen MR) is 80.2 cm³/mol. The molecule has 0 fully saturated rings. The van der Waals surface area contributed by atoms with Crippen molar-refractivity contribution in [2.45, 2.75) is 32.9 Å². The topological polar surface area (TPSA) is 52.7 Å². The lowest BCUT2D eigenvalue weighted by atomic mass is 10.2. The van der Waals surface area contributed by atoms with Gasteiger partial charge in [-0.1, -0.05) is 0 Å². The van der Waals surface area contributed by atoms with Crippen molar-refractivity contribution in [3.05, 3.63) is 46.1 Å². The Labute approximate surface area is 120 Å². The molecule has 0 spiro atoms. The quantitative estimate of drug-likeness (QED) is 0.741. The lowest BCUT2D eigenvalue weighted by Gasteiger charge is -2.14. The number of aryl methyl sites for hydroxylation is 2. The third-order valence-electron chi connectivity index (χ3n) is 3.49. The maximum atomic E-state index is 12.5. The molecule has 0 aliphatic heterocycles. The standard InChI is InChI=1S/C14H16N4OS/c1-10-8-20-13-12(10)15-9-18(14(13)19)11(2)4-7-17-6-3-5-16-17/h3,5-6,8-9,11H,4,7H2,1-2H3/t11-/m0/s1. The van der Waals surface area contributed by atoms with Crippen LogP contribution >= 0.6 is 11.3 Å². The maximum Gasteiger partial charge on any atom is 0.271 e. The SMILES string of the molecule is Cc1csc2c(=O)n([C@@H](C)CCn3cccn3)cnc12. The van der Waals surface area contributed by atoms with Crippen LogP contribution in [0.5, 0.6) is 0 Å². The minimum absolute atomic E-state index is 0.0565. The Kier molecular flexibility index (Phi) is 3.40. The van der Waals surface area contributed by atoms with Crippen molar-refractivity contribution in [2.24, 2.45) is 0 Å². The van der Waals surface area contributed by atoms with Crippen LogP contribution in [0.1, 0.15) is 24.9 Å². The minimum atomic E-state index is 0.0565. The van der Waals surface area contributed by atoms with Gasteiger partial charge in [0.2, 0.25) is 0 Å². The fourth-order valence-corrected chi connectivity index (χ4v) is 3.18. The van der Waals surface area contributed by atoms with E-state index < -0.39 is 0 Å². The number of thiophene rings is 1. The van der Waals surface area contributed by atoms with Crippen LogP contribution in [0.15, 0.2) is 35.0 Å². The molecule has 1 atom stereocenters. The van der Waals surface area contributed by atoms with Crippen molar-refractivity contribution in [1.82, 2.24) is 19.3 Å². The van der Waals surface area contributed by atoms with Gasteiger partial charge in [0.05, 0.1) is 11.8 Å². The Morgan fingerprint density at radius 3 is 3.05 bits per heavy atom. The van der Waals surface area contributed by atoms with Gasteiger partial charge in [-0.05, 0) is 37.3 Å². The van der Waals surface area contributed by atoms with E-state index in [9.17, 15) is 4.79 Å². The Bertz CT molecular complexity index is 772. The summed E-state index contributed by atoms with van der Waals surface area (Å²) in [6.07, 6.45) is 6.20. The summed E-state index contributed by atoms with van der Waals surface area (Å²) in [5.74, 6) is 0. The zero-order chi connectivity index (χ0) is 14.1. The van der Waals surface area contributed by atoms with Gasteiger partial charge < -0.3 is 0 Å². The highest BCUT2D eigenvalue weighted by atomic mass is 32.1. The minimum Gasteiger partial charge on any atom is -0.295 e. The molecule has 0 bridgehead atoms. The molecule has 3 aromatic rings. The monoisotopic (exact) mass is 288 g/mol. The zero-order valence-electron chi connectivity index (χ0n) is 11.5. The Morgan fingerprint density at radius 2 is 2.30 bits per heavy atom. The fourth-order valence-electron chi connectivity index (χ4n) is 2.24. The molecule has 0 saturated carbocycles. The van der Waals surface area contributed by atoms with Crippen LogP contribution in [0, 0.1) is 6.92 Å². The van der Waals surface area contributed by atoms with Gasteiger partial charge in [-0.2, -0.15) is 5.10 Å². The predicted octanol–water partition coefficient (Wildman–Crippen LogP) is 2.61. The summed E-state index contributed by atoms with van der Waals surface area (Å²) < 4.78 is 4.35. The van der Waals surface area contributed by atoms with E-state index in [4.69, 9.17) is 0 Å². The van der Waals surface area contributed by atoms with Gasteiger partial charge in [-0.3, -0.25) is 14.0 Å². The smallest absolute Gasteiger partial charge is 0.271 e. The first-order valence-corrected chi connectivity index (χ1v) is 7.47. The first kappa shape index (κ1) is 13.1. The van der Waals surface area contributed by atoms with E-state index >= 15 is 0 Å². The molecule has 3 aromatic heterocycles. The van der Waals surface area contributed by atoms with E-state index in [1.54, 1.807) is 17.1 Å². The van der Waals surface area contributed by atoms with Crippen molar-refractivity contribution < 1.29 is 0 Å². The molecular formula is C14H16N4OS. The molecule has 5 nitrogen and oxygen atoms in total. The Balaban J connectivity index is 1.86. The van der Waals surface area contributed by atoms with Crippen molar-refractivity contribution >= 4 is 21.6 Å². The van der Waals surface area contributed by atoms with Gasteiger partial charge in [-0.25, -0.2) is 4.98 Å². The molecule has 3 heterocycles. The van der Waals surface area contributed by atoms with Crippen LogP contribution in [-0.4, -0.2) is 19.3 Å². The number of rotatable bonds is 4. The molecule has 104 valence electrons. The van der Waals surface area contributed by atoms with Crippen molar-refractivity contribution in [3.8, 4) is 0 Å². The van der Waals surface area contributed by atoms with Gasteiger partial charge in [0.25, 0.3) is 5.56 Å². The summed E-state index contributed by atoms with van der Waals surface area (Å²) in [7, 11) is 0. The van der Waals surface area contributed by atoms with Crippen LogP contribution in [0.25, 0.3) is 10.2 Å². The summed E-state index contributed by atoms with van der Waals surface area (Å²) in [4.78, 5) is 16.9. The highest BCUT2D eigenvalue weighted by molar-refractivity contribution is 7.17. The highest BCUT2D eigenvalue weighted by Gasteiger charge is 2.12. The summed E-state index contributed by atoms with van der Waals surface area (Å²) in [6.45, 7) is 4.82. The molecule has 20 heavy (non-hydrogen) atoms. The van der Waals surface area contributed by atoms with Gasteiger partial charge in [0.1, 0.15) is 4.70 Å². The van der Waals surface area contributed by atoms with Crippen LogP contribution in [0.4, 0.5) is 0 Å². The molecule has 6 heteroatoms. The first-order valence-electron chi connectivity index (χ1n) is 6.59. The molecular weight excluding hydrogens is 272 g/mol. The average Bonchev–Trinajstić information content (AvgIpc) is 3.07. The van der Waals surface area contributed by atoms with E-state index in [0.29, 0.717) is 0 Å². The molecule has 0 unspecified atom stereocenters. The molecule has 0 radical (unpaired) electrons. The van der Waals surface area contributed by atoms with Crippen LogP contribution in [0.2, 0.25) is 0 Å². The second-order valence-electron chi connectivity index (χ2n) is 4.96. The summed E-state index contributed by atoms with van der Waals surface area (Å²) >= 11 is 1.47. The number of hydrogen-bond acceptors (Lipinski definition) is 4. The first-order chi connectivity index (χ1) is 9.66. The van der Waals surface area contributed by atoms with E-state index in [1.807, 2.05) is 36.2 Å². The number of aromatic nitrogens is 4. The molecule has 0 aliphatic rings. The summed E-state index contributed by atoms with van der Waals surface area (Å²) in [5, 5.41) is 6.16. The third kappa shape index (κ3) is 2.27. The van der Waals surface area contributed by atoms with E-state index in [1.165, 1.54) is 11.3 Å². The molecule has 0 aromatic carbocycles. The van der Waals surface area contributed by atoms with Gasteiger partial charge >= 0.3 is 0 Å². The fraction of sp³-hybridized carbons (Fsp3) is 0.357. The van der Waals surface area contributed by atoms with Gasteiger partial charge in [0, 0.05) is 25.0 Å². The summed E-state index contributed by atoms with van der Waals surface area (Å²) in [6, 6.07) is 2.00. The van der Waals surface area contributed by atoms with E-state index in [0.717, 1.165) is 28.7 Å². The summed E-state index contributed by atoms with van der Waals surface area (Å²) in [5.41, 5.74) is 1.95. The van der Waals surface area contributed by atoms with Crippen molar-refractivity contribution in [3.63, 3.8) is 0 Å². The third-order valence-corrected chi connectivity index (χ3v) is 4.57. The number of nitrogens with zero attached hydrogens (tertiary/aromatic N) is 4. The number of fused-ring (bicyclic) bond motifs is 1. The van der Waals surface area contributed by atoms with Crippen LogP contribution < -0.4 is 5.56 Å². The van der Waals surface area contributed by atoms with Crippen LogP contribution in [-0.2, 0) is 6.54 Å². The second-order valence-corrected chi connectivity index (χ2v) is 5.84. The van der Waals surface area contributed by atoms with E-state index in [2.05, 4.69) is 10.1 Å². The van der Waals surface area contributed by atoms with Crippen molar-refractivity contribution in [1.29, 1.82) is 0 Å². The molecule has 0 amide bonds. The maximum absolute atomic E-state index is 12.5. The molecule has 0 N–H and O–H groups in total. The van der Waals surface area contributed by atoms with Crippen molar-refractivity contribution in [2.75, 3.05) is 0 Å². The molecule has 3 rings (SSSR count). The Hall–Kier alpha value is -1.95. The zero-order valence-corrected chi connectivity index (χ0v) is 12.3. The largest absolute Gasteiger partial charge is 0.295 e. The molecule has 0 aliphatic carbocycles. The lowest BCUT2D eigenvalue weighted by molar-refractivity contribution is 0.436. The highest BCUT2D eigenvalue weighted by Crippen LogP contribution is 2.20. The average molecular weight is 288 g/mol. The second kappa shape index (κ2) is 5.20.